The lowest BCUT2D eigenvalue weighted by Crippen LogP contribution is -2.48. The van der Waals surface area contributed by atoms with E-state index < -0.39 is 23.9 Å². The molecule has 10 heteroatoms. The van der Waals surface area contributed by atoms with Gasteiger partial charge in [0.2, 0.25) is 0 Å². The molecule has 1 saturated heterocycles. The Morgan fingerprint density at radius 2 is 1.79 bits per heavy atom. The monoisotopic (exact) mass is 583 g/mol. The molecular weight excluding hydrogens is 538 g/mol. The van der Waals surface area contributed by atoms with Crippen LogP contribution in [0.2, 0.25) is 0 Å². The summed E-state index contributed by atoms with van der Waals surface area (Å²) in [5.41, 5.74) is 1.57. The molecule has 0 radical (unpaired) electrons. The Morgan fingerprint density at radius 1 is 1.05 bits per heavy atom. The van der Waals surface area contributed by atoms with Crippen molar-refractivity contribution in [3.05, 3.63) is 71.3 Å². The van der Waals surface area contributed by atoms with Crippen LogP contribution in [0.3, 0.4) is 0 Å². The van der Waals surface area contributed by atoms with E-state index in [1.165, 1.54) is 7.11 Å². The SMILES string of the molecule is COC(=O)NCCOC(c1ccccc1)c1cccc(C(=O)NC[C@H](C[C@H]2CCCOC2)N(C)C(=O)OC(C)(C)C)c1. The predicted octanol–water partition coefficient (Wildman–Crippen LogP) is 4.93. The van der Waals surface area contributed by atoms with Crippen LogP contribution in [0.15, 0.2) is 54.6 Å². The van der Waals surface area contributed by atoms with E-state index in [4.69, 9.17) is 14.2 Å². The number of nitrogens with one attached hydrogen (secondary N) is 2. The van der Waals surface area contributed by atoms with Crippen molar-refractivity contribution in [1.82, 2.24) is 15.5 Å². The van der Waals surface area contributed by atoms with Gasteiger partial charge in [-0.3, -0.25) is 4.79 Å². The van der Waals surface area contributed by atoms with Crippen molar-refractivity contribution in [2.24, 2.45) is 5.92 Å². The molecule has 1 aliphatic heterocycles. The lowest BCUT2D eigenvalue weighted by molar-refractivity contribution is 0.0112. The first kappa shape index (κ1) is 32.9. The molecule has 2 aromatic carbocycles. The van der Waals surface area contributed by atoms with Crippen molar-refractivity contribution in [2.75, 3.05) is 47.1 Å². The Balaban J connectivity index is 1.72. The molecule has 230 valence electrons. The third kappa shape index (κ3) is 10.6. The van der Waals surface area contributed by atoms with Gasteiger partial charge in [-0.25, -0.2) is 9.59 Å². The second-order valence-corrected chi connectivity index (χ2v) is 11.5. The number of nitrogens with zero attached hydrogens (tertiary/aromatic N) is 1. The second kappa shape index (κ2) is 16.1. The van der Waals surface area contributed by atoms with Crippen LogP contribution >= 0.6 is 0 Å². The summed E-state index contributed by atoms with van der Waals surface area (Å²) >= 11 is 0. The minimum Gasteiger partial charge on any atom is -0.453 e. The lowest BCUT2D eigenvalue weighted by Gasteiger charge is -2.34. The highest BCUT2D eigenvalue weighted by atomic mass is 16.6. The van der Waals surface area contributed by atoms with Crippen LogP contribution in [0.5, 0.6) is 0 Å². The zero-order valence-electron chi connectivity index (χ0n) is 25.4. The Morgan fingerprint density at radius 3 is 2.45 bits per heavy atom. The summed E-state index contributed by atoms with van der Waals surface area (Å²) in [6.45, 7) is 7.69. The van der Waals surface area contributed by atoms with Gasteiger partial charge in [0.1, 0.15) is 11.7 Å². The minimum atomic E-state index is -0.625. The van der Waals surface area contributed by atoms with E-state index in [0.717, 1.165) is 30.6 Å². The van der Waals surface area contributed by atoms with Gasteiger partial charge in [0, 0.05) is 38.9 Å². The number of likely N-dealkylation sites (N-methyl/N-ethyl adjacent to an activating group) is 1. The first-order valence-corrected chi connectivity index (χ1v) is 14.5. The summed E-state index contributed by atoms with van der Waals surface area (Å²) in [5.74, 6) is 0.0461. The van der Waals surface area contributed by atoms with Crippen LogP contribution in [0.1, 0.15) is 67.6 Å². The summed E-state index contributed by atoms with van der Waals surface area (Å²) in [6.07, 6.45) is 1.29. The van der Waals surface area contributed by atoms with E-state index in [1.54, 1.807) is 18.0 Å². The third-order valence-electron chi connectivity index (χ3n) is 6.98. The van der Waals surface area contributed by atoms with E-state index in [1.807, 2.05) is 69.3 Å². The standard InChI is InChI=1S/C32H45N3O7/c1-32(2,3)42-31(38)35(4)27(19-23-11-10-17-40-22-23)21-34-29(36)26-15-9-14-25(20-26)28(24-12-7-6-8-13-24)41-18-16-33-30(37)39-5/h6-9,12-15,20,23,27-28H,10-11,16-19,21-22H2,1-5H3,(H,33,37)(H,34,36)/t23-,27+,28?/m1/s1. The van der Waals surface area contributed by atoms with E-state index in [9.17, 15) is 14.4 Å². The van der Waals surface area contributed by atoms with Crippen molar-refractivity contribution < 1.29 is 33.3 Å². The number of hydrogen-bond donors (Lipinski definition) is 2. The van der Waals surface area contributed by atoms with E-state index in [-0.39, 0.29) is 31.6 Å². The quantitative estimate of drug-likeness (QED) is 0.341. The van der Waals surface area contributed by atoms with Gasteiger partial charge in [0.05, 0.1) is 19.8 Å². The highest BCUT2D eigenvalue weighted by Crippen LogP contribution is 2.27. The summed E-state index contributed by atoms with van der Waals surface area (Å²) in [6, 6.07) is 16.7. The van der Waals surface area contributed by atoms with Crippen LogP contribution in [-0.4, -0.2) is 81.7 Å². The van der Waals surface area contributed by atoms with E-state index >= 15 is 0 Å². The maximum Gasteiger partial charge on any atom is 0.410 e. The molecule has 0 aromatic heterocycles. The molecule has 0 aliphatic carbocycles. The highest BCUT2D eigenvalue weighted by molar-refractivity contribution is 5.94. The zero-order chi connectivity index (χ0) is 30.5. The molecule has 1 heterocycles. The molecular formula is C32H45N3O7. The average Bonchev–Trinajstić information content (AvgIpc) is 2.98. The normalized spacial score (nSPS) is 16.5. The van der Waals surface area contributed by atoms with E-state index in [2.05, 4.69) is 15.4 Å². The van der Waals surface area contributed by atoms with E-state index in [0.29, 0.717) is 24.5 Å². The van der Waals surface area contributed by atoms with Crippen LogP contribution in [0.4, 0.5) is 9.59 Å². The van der Waals surface area contributed by atoms with Crippen LogP contribution in [0.25, 0.3) is 0 Å². The molecule has 2 aromatic rings. The van der Waals surface area contributed by atoms with Crippen LogP contribution < -0.4 is 10.6 Å². The van der Waals surface area contributed by atoms with Gasteiger partial charge < -0.3 is 34.5 Å². The molecule has 1 fully saturated rings. The summed E-state index contributed by atoms with van der Waals surface area (Å²) < 4.78 is 22.0. The number of alkyl carbamates (subject to hydrolysis) is 1. The molecule has 0 spiro atoms. The Kier molecular flexibility index (Phi) is 12.6. The van der Waals surface area contributed by atoms with Crippen molar-refractivity contribution in [3.63, 3.8) is 0 Å². The van der Waals surface area contributed by atoms with Crippen molar-refractivity contribution in [2.45, 2.75) is 57.8 Å². The molecule has 0 bridgehead atoms. The molecule has 10 nitrogen and oxygen atoms in total. The fourth-order valence-electron chi connectivity index (χ4n) is 4.81. The lowest BCUT2D eigenvalue weighted by atomic mass is 9.93. The number of rotatable bonds is 12. The van der Waals surface area contributed by atoms with Gasteiger partial charge in [-0.1, -0.05) is 42.5 Å². The maximum atomic E-state index is 13.4. The smallest absolute Gasteiger partial charge is 0.410 e. The number of benzene rings is 2. The van der Waals surface area contributed by atoms with Crippen LogP contribution in [0, 0.1) is 5.92 Å². The van der Waals surface area contributed by atoms with Gasteiger partial charge in [0.25, 0.3) is 5.91 Å². The molecule has 3 amide bonds. The maximum absolute atomic E-state index is 13.4. The zero-order valence-corrected chi connectivity index (χ0v) is 25.4. The Bertz CT molecular complexity index is 1150. The minimum absolute atomic E-state index is 0.245. The summed E-state index contributed by atoms with van der Waals surface area (Å²) in [5, 5.41) is 5.64. The second-order valence-electron chi connectivity index (χ2n) is 11.5. The van der Waals surface area contributed by atoms with Gasteiger partial charge in [-0.05, 0) is 69.2 Å². The topological polar surface area (TPSA) is 115 Å². The van der Waals surface area contributed by atoms with Gasteiger partial charge in [0.15, 0.2) is 0 Å². The number of methoxy groups -OCH3 is 1. The fraction of sp³-hybridized carbons (Fsp3) is 0.531. The number of amides is 3. The first-order valence-electron chi connectivity index (χ1n) is 14.5. The molecule has 1 aliphatic rings. The average molecular weight is 584 g/mol. The Hall–Kier alpha value is -3.63. The predicted molar refractivity (Wildman–Crippen MR) is 159 cm³/mol. The molecule has 1 unspecified atom stereocenters. The number of carbonyl (C=O) groups excluding carboxylic acids is 3. The molecule has 0 saturated carbocycles. The molecule has 3 rings (SSSR count). The molecule has 3 atom stereocenters. The largest absolute Gasteiger partial charge is 0.453 e. The summed E-state index contributed by atoms with van der Waals surface area (Å²) in [4.78, 5) is 39.2. The number of ether oxygens (including phenoxy) is 4. The van der Waals surface area contributed by atoms with Gasteiger partial charge >= 0.3 is 12.2 Å². The third-order valence-corrected chi connectivity index (χ3v) is 6.98. The Labute approximate surface area is 249 Å². The summed E-state index contributed by atoms with van der Waals surface area (Å²) in [7, 11) is 3.02. The number of carbonyl (C=O) groups is 3. The molecule has 42 heavy (non-hydrogen) atoms. The van der Waals surface area contributed by atoms with Crippen molar-refractivity contribution in [3.8, 4) is 0 Å². The van der Waals surface area contributed by atoms with Crippen molar-refractivity contribution >= 4 is 18.1 Å². The first-order chi connectivity index (χ1) is 20.1. The number of hydrogen-bond acceptors (Lipinski definition) is 7. The molecule has 2 N–H and O–H groups in total. The van der Waals surface area contributed by atoms with Gasteiger partial charge in [-0.15, -0.1) is 0 Å². The van der Waals surface area contributed by atoms with Crippen LogP contribution in [-0.2, 0) is 18.9 Å². The van der Waals surface area contributed by atoms with Gasteiger partial charge in [-0.2, -0.15) is 0 Å². The fourth-order valence-corrected chi connectivity index (χ4v) is 4.81. The van der Waals surface area contributed by atoms with Crippen molar-refractivity contribution in [1.29, 1.82) is 0 Å². The highest BCUT2D eigenvalue weighted by Gasteiger charge is 2.29.